The number of alkyl halides is 3. The molecule has 98 valence electrons. The molecular formula is C10H17F3N4. The Morgan fingerprint density at radius 2 is 1.88 bits per heavy atom. The molecule has 1 heterocycles. The highest BCUT2D eigenvalue weighted by Gasteiger charge is 2.40. The molecule has 1 aromatic heterocycles. The van der Waals surface area contributed by atoms with Crippen molar-refractivity contribution in [1.82, 2.24) is 15.0 Å². The zero-order valence-electron chi connectivity index (χ0n) is 10.1. The molecular weight excluding hydrogens is 233 g/mol. The zero-order chi connectivity index (χ0) is 13.2. The van der Waals surface area contributed by atoms with Gasteiger partial charge in [0.25, 0.3) is 0 Å². The highest BCUT2D eigenvalue weighted by atomic mass is 19.4. The van der Waals surface area contributed by atoms with Crippen molar-refractivity contribution in [2.45, 2.75) is 39.4 Å². The zero-order valence-corrected chi connectivity index (χ0v) is 10.1. The third kappa shape index (κ3) is 2.96. The number of rotatable bonds is 4. The topological polar surface area (TPSA) is 56.7 Å². The lowest BCUT2D eigenvalue weighted by Crippen LogP contribution is -2.22. The summed E-state index contributed by atoms with van der Waals surface area (Å²) in [5.74, 6) is 0.0449. The summed E-state index contributed by atoms with van der Waals surface area (Å²) in [6, 6.07) is -0.356. The van der Waals surface area contributed by atoms with Crippen molar-refractivity contribution >= 4 is 0 Å². The molecule has 0 bridgehead atoms. The van der Waals surface area contributed by atoms with E-state index in [-0.39, 0.29) is 30.6 Å². The lowest BCUT2D eigenvalue weighted by atomic mass is 10.1. The molecule has 7 heteroatoms. The van der Waals surface area contributed by atoms with Crippen LogP contribution in [0.2, 0.25) is 0 Å². The van der Waals surface area contributed by atoms with E-state index in [1.54, 1.807) is 6.92 Å². The normalized spacial score (nSPS) is 14.4. The van der Waals surface area contributed by atoms with Gasteiger partial charge in [-0.05, 0) is 19.4 Å². The van der Waals surface area contributed by atoms with Crippen molar-refractivity contribution in [3.05, 3.63) is 11.4 Å². The van der Waals surface area contributed by atoms with Crippen LogP contribution in [-0.2, 0) is 12.6 Å². The molecule has 0 spiro atoms. The minimum absolute atomic E-state index is 0.0449. The molecule has 1 atom stereocenters. The predicted molar refractivity (Wildman–Crippen MR) is 57.3 cm³/mol. The molecule has 1 aromatic rings. The first-order valence-corrected chi connectivity index (χ1v) is 5.50. The van der Waals surface area contributed by atoms with Crippen LogP contribution < -0.4 is 5.73 Å². The van der Waals surface area contributed by atoms with Crippen molar-refractivity contribution in [2.24, 2.45) is 11.7 Å². The van der Waals surface area contributed by atoms with Crippen molar-refractivity contribution in [1.29, 1.82) is 0 Å². The minimum Gasteiger partial charge on any atom is -0.330 e. The molecule has 0 radical (unpaired) electrons. The molecule has 1 rings (SSSR count). The lowest BCUT2D eigenvalue weighted by Gasteiger charge is -2.19. The first-order valence-electron chi connectivity index (χ1n) is 5.50. The van der Waals surface area contributed by atoms with Gasteiger partial charge in [0.2, 0.25) is 0 Å². The quantitative estimate of drug-likeness (QED) is 0.889. The van der Waals surface area contributed by atoms with Gasteiger partial charge in [0, 0.05) is 6.42 Å². The van der Waals surface area contributed by atoms with E-state index in [0.29, 0.717) is 0 Å². The average Bonchev–Trinajstić information content (AvgIpc) is 2.60. The molecule has 0 aromatic carbocycles. The molecule has 0 fully saturated rings. The Kier molecular flexibility index (Phi) is 4.13. The van der Waals surface area contributed by atoms with Crippen LogP contribution in [0, 0.1) is 5.92 Å². The second-order valence-corrected chi connectivity index (χ2v) is 4.35. The highest BCUT2D eigenvalue weighted by Crippen LogP contribution is 2.34. The molecule has 0 aliphatic heterocycles. The standard InChI is InChI=1S/C10H17F3N4/c1-6(2)7(3)17-9(10(11,12)13)8(4-5-14)15-16-17/h6-7H,4-5,14H2,1-3H3. The smallest absolute Gasteiger partial charge is 0.330 e. The first kappa shape index (κ1) is 14.0. The highest BCUT2D eigenvalue weighted by molar-refractivity contribution is 5.15. The van der Waals surface area contributed by atoms with Gasteiger partial charge in [0.15, 0.2) is 5.69 Å². The van der Waals surface area contributed by atoms with E-state index in [2.05, 4.69) is 10.3 Å². The summed E-state index contributed by atoms with van der Waals surface area (Å²) in [7, 11) is 0. The van der Waals surface area contributed by atoms with E-state index in [1.807, 2.05) is 13.8 Å². The van der Waals surface area contributed by atoms with Crippen LogP contribution in [0.25, 0.3) is 0 Å². The van der Waals surface area contributed by atoms with Gasteiger partial charge >= 0.3 is 6.18 Å². The van der Waals surface area contributed by atoms with E-state index in [1.165, 1.54) is 0 Å². The molecule has 4 nitrogen and oxygen atoms in total. The summed E-state index contributed by atoms with van der Waals surface area (Å²) < 4.78 is 39.8. The van der Waals surface area contributed by atoms with Crippen molar-refractivity contribution in [3.8, 4) is 0 Å². The number of aromatic nitrogens is 3. The summed E-state index contributed by atoms with van der Waals surface area (Å²) in [6.45, 7) is 5.50. The Hall–Kier alpha value is -1.11. The molecule has 0 aliphatic carbocycles. The fourth-order valence-corrected chi connectivity index (χ4v) is 1.49. The Morgan fingerprint density at radius 3 is 2.29 bits per heavy atom. The van der Waals surface area contributed by atoms with E-state index in [9.17, 15) is 13.2 Å². The summed E-state index contributed by atoms with van der Waals surface area (Å²) in [6.07, 6.45) is -4.36. The van der Waals surface area contributed by atoms with Crippen LogP contribution in [0.1, 0.15) is 38.2 Å². The molecule has 0 saturated heterocycles. The summed E-state index contributed by atoms with van der Waals surface area (Å²) in [4.78, 5) is 0. The number of halogens is 3. The molecule has 0 amide bonds. The maximum absolute atomic E-state index is 12.9. The van der Waals surface area contributed by atoms with Crippen molar-refractivity contribution in [2.75, 3.05) is 6.54 Å². The minimum atomic E-state index is -4.45. The largest absolute Gasteiger partial charge is 0.434 e. The van der Waals surface area contributed by atoms with Crippen molar-refractivity contribution < 1.29 is 13.2 Å². The van der Waals surface area contributed by atoms with Gasteiger partial charge in [-0.2, -0.15) is 13.2 Å². The third-order valence-corrected chi connectivity index (χ3v) is 2.76. The maximum atomic E-state index is 12.9. The van der Waals surface area contributed by atoms with Crippen LogP contribution in [0.4, 0.5) is 13.2 Å². The van der Waals surface area contributed by atoms with Crippen LogP contribution in [-0.4, -0.2) is 21.5 Å². The van der Waals surface area contributed by atoms with Gasteiger partial charge in [-0.25, -0.2) is 4.68 Å². The second kappa shape index (κ2) is 5.03. The van der Waals surface area contributed by atoms with Crippen LogP contribution in [0.3, 0.4) is 0 Å². The van der Waals surface area contributed by atoms with Gasteiger partial charge in [-0.3, -0.25) is 0 Å². The van der Waals surface area contributed by atoms with Crippen LogP contribution in [0.15, 0.2) is 0 Å². The predicted octanol–water partition coefficient (Wildman–Crippen LogP) is 2.02. The number of hydrogen-bond acceptors (Lipinski definition) is 3. The molecule has 0 saturated carbocycles. The Labute approximate surface area is 98.0 Å². The molecule has 2 N–H and O–H groups in total. The monoisotopic (exact) mass is 250 g/mol. The van der Waals surface area contributed by atoms with Gasteiger partial charge in [0.1, 0.15) is 0 Å². The molecule has 0 aliphatic rings. The fourth-order valence-electron chi connectivity index (χ4n) is 1.49. The van der Waals surface area contributed by atoms with Gasteiger partial charge in [-0.15, -0.1) is 5.10 Å². The van der Waals surface area contributed by atoms with E-state index < -0.39 is 11.9 Å². The fraction of sp³-hybridized carbons (Fsp3) is 0.800. The Morgan fingerprint density at radius 1 is 1.29 bits per heavy atom. The number of nitrogens with two attached hydrogens (primary N) is 1. The summed E-state index contributed by atoms with van der Waals surface area (Å²) >= 11 is 0. The van der Waals surface area contributed by atoms with Crippen molar-refractivity contribution in [3.63, 3.8) is 0 Å². The Balaban J connectivity index is 3.23. The van der Waals surface area contributed by atoms with Crippen LogP contribution in [0.5, 0.6) is 0 Å². The van der Waals surface area contributed by atoms with E-state index in [0.717, 1.165) is 4.68 Å². The SMILES string of the molecule is CC(C)C(C)n1nnc(CCN)c1C(F)(F)F. The van der Waals surface area contributed by atoms with Gasteiger partial charge < -0.3 is 5.73 Å². The van der Waals surface area contributed by atoms with Gasteiger partial charge in [-0.1, -0.05) is 19.1 Å². The van der Waals surface area contributed by atoms with Gasteiger partial charge in [0.05, 0.1) is 11.7 Å². The lowest BCUT2D eigenvalue weighted by molar-refractivity contribution is -0.145. The second-order valence-electron chi connectivity index (χ2n) is 4.35. The molecule has 1 unspecified atom stereocenters. The van der Waals surface area contributed by atoms with Crippen LogP contribution >= 0.6 is 0 Å². The summed E-state index contributed by atoms with van der Waals surface area (Å²) in [5, 5.41) is 7.20. The molecule has 17 heavy (non-hydrogen) atoms. The number of nitrogens with zero attached hydrogens (tertiary/aromatic N) is 3. The maximum Gasteiger partial charge on any atom is 0.434 e. The third-order valence-electron chi connectivity index (χ3n) is 2.76. The van der Waals surface area contributed by atoms with E-state index >= 15 is 0 Å². The first-order chi connectivity index (χ1) is 7.79. The van der Waals surface area contributed by atoms with E-state index in [4.69, 9.17) is 5.73 Å². The average molecular weight is 250 g/mol. The Bertz CT molecular complexity index is 370. The summed E-state index contributed by atoms with van der Waals surface area (Å²) in [5.41, 5.74) is 4.42. The number of hydrogen-bond donors (Lipinski definition) is 1.